The fourth-order valence-electron chi connectivity index (χ4n) is 6.24. The summed E-state index contributed by atoms with van der Waals surface area (Å²) in [6.07, 6.45) is 7.96. The minimum absolute atomic E-state index is 0.0347. The van der Waals surface area contributed by atoms with E-state index < -0.39 is 11.8 Å². The first-order valence-corrected chi connectivity index (χ1v) is 14.1. The highest BCUT2D eigenvalue weighted by Crippen LogP contribution is 2.59. The van der Waals surface area contributed by atoms with Gasteiger partial charge in [0.15, 0.2) is 0 Å². The summed E-state index contributed by atoms with van der Waals surface area (Å²) in [7, 11) is 0. The zero-order valence-electron chi connectivity index (χ0n) is 23.8. The topological polar surface area (TPSA) is 61.8 Å². The first-order chi connectivity index (χ1) is 16.8. The first-order valence-electron chi connectivity index (χ1n) is 14.1. The zero-order chi connectivity index (χ0) is 26.7. The van der Waals surface area contributed by atoms with Crippen LogP contribution in [0.2, 0.25) is 0 Å². The third kappa shape index (κ3) is 7.04. The van der Waals surface area contributed by atoms with Crippen molar-refractivity contribution in [2.45, 2.75) is 117 Å². The molecule has 36 heavy (non-hydrogen) atoms. The Morgan fingerprint density at radius 3 is 1.89 bits per heavy atom. The highest BCUT2D eigenvalue weighted by atomic mass is 16.7. The number of rotatable bonds is 6. The summed E-state index contributed by atoms with van der Waals surface area (Å²) in [6.45, 7) is 16.0. The third-order valence-corrected chi connectivity index (χ3v) is 8.75. The molecule has 4 fully saturated rings. The number of esters is 1. The smallest absolute Gasteiger partial charge is 0.459 e. The van der Waals surface area contributed by atoms with Gasteiger partial charge >= 0.3 is 12.1 Å². The lowest BCUT2D eigenvalue weighted by Gasteiger charge is -2.59. The van der Waals surface area contributed by atoms with Gasteiger partial charge in [-0.05, 0) is 120 Å². The summed E-state index contributed by atoms with van der Waals surface area (Å²) < 4.78 is 16.2. The SMILES string of the molecule is CCC(C)C(=O)OC1(C)C2CC3CC(C2)CC1C3.CCC(C)c1ccc(OC(=O)OC(C)(C)C)cc1. The summed E-state index contributed by atoms with van der Waals surface area (Å²) in [5, 5.41) is 0. The molecule has 4 saturated carbocycles. The number of carbonyl (C=O) groups excluding carboxylic acids is 2. The van der Waals surface area contributed by atoms with Crippen molar-refractivity contribution in [3.8, 4) is 5.75 Å². The van der Waals surface area contributed by atoms with Crippen LogP contribution in [0.1, 0.15) is 112 Å². The number of hydrogen-bond donors (Lipinski definition) is 0. The van der Waals surface area contributed by atoms with Crippen molar-refractivity contribution in [3.05, 3.63) is 29.8 Å². The van der Waals surface area contributed by atoms with Gasteiger partial charge in [-0.2, -0.15) is 0 Å². The van der Waals surface area contributed by atoms with E-state index >= 15 is 0 Å². The number of ether oxygens (including phenoxy) is 3. The van der Waals surface area contributed by atoms with Crippen molar-refractivity contribution in [2.75, 3.05) is 0 Å². The predicted octanol–water partition coefficient (Wildman–Crippen LogP) is 8.30. The fraction of sp³-hybridized carbons (Fsp3) is 0.742. The molecule has 1 aromatic rings. The standard InChI is InChI=1S/C16H26O2.C15H22O3/c1-4-10(2)15(17)18-16(3)13-6-11-5-12(8-13)9-14(16)7-11;1-6-11(2)12-7-9-13(10-8-12)17-14(16)18-15(3,4)5/h10-14H,4-9H2,1-3H3;7-11H,6H2,1-5H3. The van der Waals surface area contributed by atoms with Crippen LogP contribution in [0.25, 0.3) is 0 Å². The number of carbonyl (C=O) groups is 2. The second-order valence-corrected chi connectivity index (χ2v) is 12.7. The van der Waals surface area contributed by atoms with Crippen LogP contribution in [-0.2, 0) is 14.3 Å². The molecule has 0 amide bonds. The molecule has 5 rings (SSSR count). The molecule has 1 aromatic carbocycles. The largest absolute Gasteiger partial charge is 0.514 e. The number of benzene rings is 1. The second kappa shape index (κ2) is 11.6. The van der Waals surface area contributed by atoms with Crippen molar-refractivity contribution in [1.82, 2.24) is 0 Å². The average molecular weight is 501 g/mol. The van der Waals surface area contributed by atoms with Crippen LogP contribution in [0.5, 0.6) is 5.75 Å². The van der Waals surface area contributed by atoms with E-state index in [2.05, 4.69) is 27.7 Å². The molecule has 5 nitrogen and oxygen atoms in total. The van der Waals surface area contributed by atoms with Crippen molar-refractivity contribution < 1.29 is 23.8 Å². The molecular formula is C31H48O5. The Labute approximate surface area is 218 Å². The maximum Gasteiger partial charge on any atom is 0.514 e. The van der Waals surface area contributed by atoms with E-state index in [-0.39, 0.29) is 17.5 Å². The highest BCUT2D eigenvalue weighted by molar-refractivity contribution is 5.72. The minimum atomic E-state index is -0.668. The summed E-state index contributed by atoms with van der Waals surface area (Å²) in [4.78, 5) is 23.6. The molecule has 4 aliphatic carbocycles. The van der Waals surface area contributed by atoms with Crippen molar-refractivity contribution >= 4 is 12.1 Å². The van der Waals surface area contributed by atoms with Gasteiger partial charge in [0.05, 0.1) is 5.92 Å². The van der Waals surface area contributed by atoms with Crippen LogP contribution in [0.15, 0.2) is 24.3 Å². The Bertz CT molecular complexity index is 853. The normalized spacial score (nSPS) is 30.0. The van der Waals surface area contributed by atoms with Crippen molar-refractivity contribution in [1.29, 1.82) is 0 Å². The average Bonchev–Trinajstić information content (AvgIpc) is 2.80. The predicted molar refractivity (Wildman–Crippen MR) is 143 cm³/mol. The molecule has 202 valence electrons. The molecule has 4 bridgehead atoms. The van der Waals surface area contributed by atoms with Crippen molar-refractivity contribution in [3.63, 3.8) is 0 Å². The maximum absolute atomic E-state index is 12.1. The molecule has 0 heterocycles. The van der Waals surface area contributed by atoms with Gasteiger partial charge in [-0.25, -0.2) is 4.79 Å². The van der Waals surface area contributed by atoms with E-state index in [4.69, 9.17) is 14.2 Å². The van der Waals surface area contributed by atoms with Gasteiger partial charge in [0.25, 0.3) is 0 Å². The van der Waals surface area contributed by atoms with E-state index in [1.54, 1.807) is 32.9 Å². The summed E-state index contributed by atoms with van der Waals surface area (Å²) >= 11 is 0. The van der Waals surface area contributed by atoms with E-state index in [1.165, 1.54) is 37.7 Å². The molecule has 2 unspecified atom stereocenters. The van der Waals surface area contributed by atoms with Gasteiger partial charge in [0.2, 0.25) is 0 Å². The Kier molecular flexibility index (Phi) is 9.16. The van der Waals surface area contributed by atoms with Gasteiger partial charge < -0.3 is 14.2 Å². The van der Waals surface area contributed by atoms with Crippen LogP contribution in [0, 0.1) is 29.6 Å². The maximum atomic E-state index is 12.1. The first kappa shape index (κ1) is 28.5. The molecule has 4 aliphatic rings. The lowest BCUT2D eigenvalue weighted by Crippen LogP contribution is -2.58. The van der Waals surface area contributed by atoms with Gasteiger partial charge in [-0.3, -0.25) is 4.79 Å². The quantitative estimate of drug-likeness (QED) is 0.290. The van der Waals surface area contributed by atoms with Crippen LogP contribution < -0.4 is 4.74 Å². The molecule has 0 spiro atoms. The van der Waals surface area contributed by atoms with E-state index in [0.717, 1.165) is 24.7 Å². The summed E-state index contributed by atoms with van der Waals surface area (Å²) in [5.74, 6) is 4.26. The lowest BCUT2D eigenvalue weighted by atomic mass is 9.50. The van der Waals surface area contributed by atoms with E-state index in [9.17, 15) is 9.59 Å². The monoisotopic (exact) mass is 500 g/mol. The van der Waals surface area contributed by atoms with Crippen molar-refractivity contribution in [2.24, 2.45) is 29.6 Å². The Morgan fingerprint density at radius 2 is 1.44 bits per heavy atom. The Hall–Kier alpha value is -2.04. The lowest BCUT2D eigenvalue weighted by molar-refractivity contribution is -0.206. The van der Waals surface area contributed by atoms with Gasteiger partial charge in [-0.1, -0.05) is 39.8 Å². The second-order valence-electron chi connectivity index (χ2n) is 12.7. The molecular weight excluding hydrogens is 452 g/mol. The number of hydrogen-bond acceptors (Lipinski definition) is 5. The molecule has 0 N–H and O–H groups in total. The molecule has 0 radical (unpaired) electrons. The van der Waals surface area contributed by atoms with Gasteiger partial charge in [0.1, 0.15) is 17.0 Å². The molecule has 2 atom stereocenters. The van der Waals surface area contributed by atoms with E-state index in [1.807, 2.05) is 19.1 Å². The molecule has 0 aromatic heterocycles. The van der Waals surface area contributed by atoms with Crippen LogP contribution in [-0.4, -0.2) is 23.3 Å². The highest BCUT2D eigenvalue weighted by Gasteiger charge is 2.57. The summed E-state index contributed by atoms with van der Waals surface area (Å²) in [5.41, 5.74) is 0.566. The summed E-state index contributed by atoms with van der Waals surface area (Å²) in [6, 6.07) is 7.55. The molecule has 0 aliphatic heterocycles. The Balaban J connectivity index is 0.000000201. The van der Waals surface area contributed by atoms with Crippen LogP contribution >= 0.6 is 0 Å². The molecule has 5 heteroatoms. The van der Waals surface area contributed by atoms with Crippen LogP contribution in [0.3, 0.4) is 0 Å². The van der Waals surface area contributed by atoms with Crippen LogP contribution in [0.4, 0.5) is 4.79 Å². The Morgan fingerprint density at radius 1 is 0.917 bits per heavy atom. The van der Waals surface area contributed by atoms with E-state index in [0.29, 0.717) is 23.5 Å². The van der Waals surface area contributed by atoms with Gasteiger partial charge in [-0.15, -0.1) is 0 Å². The zero-order valence-corrected chi connectivity index (χ0v) is 23.8. The minimum Gasteiger partial charge on any atom is -0.459 e. The van der Waals surface area contributed by atoms with Gasteiger partial charge in [0, 0.05) is 0 Å². The fourth-order valence-corrected chi connectivity index (χ4v) is 6.24. The molecule has 0 saturated heterocycles. The third-order valence-electron chi connectivity index (χ3n) is 8.75.